The number of rotatable bonds is 15. The Morgan fingerprint density at radius 1 is 0.699 bits per heavy atom. The Hall–Kier alpha value is -1.14. The van der Waals surface area contributed by atoms with Crippen LogP contribution in [0.3, 0.4) is 0 Å². The summed E-state index contributed by atoms with van der Waals surface area (Å²) in [7, 11) is 1.72. The van der Waals surface area contributed by atoms with Crippen LogP contribution in [0, 0.1) is 46.3 Å². The van der Waals surface area contributed by atoms with Crippen LogP contribution in [0.4, 0.5) is 0 Å². The zero-order chi connectivity index (χ0) is 52.6. The van der Waals surface area contributed by atoms with Gasteiger partial charge >= 0.3 is 0 Å². The van der Waals surface area contributed by atoms with Crippen molar-refractivity contribution in [3.63, 3.8) is 0 Å². The zero-order valence-corrected chi connectivity index (χ0v) is 42.8. The molecule has 0 aromatic rings. The molecular formula is C51H84O22. The predicted molar refractivity (Wildman–Crippen MR) is 249 cm³/mol. The van der Waals surface area contributed by atoms with Gasteiger partial charge in [0.1, 0.15) is 85.5 Å². The van der Waals surface area contributed by atoms with Gasteiger partial charge in [-0.15, -0.1) is 0 Å². The van der Waals surface area contributed by atoms with Gasteiger partial charge < -0.3 is 109 Å². The van der Waals surface area contributed by atoms with Crippen LogP contribution >= 0.6 is 0 Å². The molecule has 0 aromatic carbocycles. The first-order valence-corrected chi connectivity index (χ1v) is 26.7. The van der Waals surface area contributed by atoms with Crippen LogP contribution in [0.15, 0.2) is 11.6 Å². The Labute approximate surface area is 426 Å². The lowest BCUT2D eigenvalue weighted by molar-refractivity contribution is -0.385. The summed E-state index contributed by atoms with van der Waals surface area (Å²) in [6, 6.07) is 0. The number of fused-ring (bicyclic) bond motifs is 7. The summed E-state index contributed by atoms with van der Waals surface area (Å²) in [4.78, 5) is 0. The van der Waals surface area contributed by atoms with Crippen molar-refractivity contribution in [1.29, 1.82) is 0 Å². The number of ether oxygens (including phenoxy) is 10. The van der Waals surface area contributed by atoms with Gasteiger partial charge in [-0.1, -0.05) is 39.3 Å². The van der Waals surface area contributed by atoms with Gasteiger partial charge in [0.2, 0.25) is 0 Å². The molecule has 0 unspecified atom stereocenters. The third kappa shape index (κ3) is 10.2. The van der Waals surface area contributed by atoms with Crippen LogP contribution < -0.4 is 0 Å². The lowest BCUT2D eigenvalue weighted by atomic mass is 9.47. The van der Waals surface area contributed by atoms with E-state index in [0.717, 1.165) is 32.1 Å². The molecule has 22 nitrogen and oxygen atoms in total. The van der Waals surface area contributed by atoms with Crippen molar-refractivity contribution in [1.82, 2.24) is 0 Å². The van der Waals surface area contributed by atoms with E-state index in [2.05, 4.69) is 26.8 Å². The number of methoxy groups -OCH3 is 1. The summed E-state index contributed by atoms with van der Waals surface area (Å²) >= 11 is 0. The average Bonchev–Trinajstić information content (AvgIpc) is 3.83. The van der Waals surface area contributed by atoms with Gasteiger partial charge in [-0.25, -0.2) is 0 Å². The molecule has 9 rings (SSSR count). The van der Waals surface area contributed by atoms with Crippen LogP contribution in [-0.4, -0.2) is 230 Å². The number of hydrogen-bond donors (Lipinski definition) is 12. The molecule has 30 atom stereocenters. The highest BCUT2D eigenvalue weighted by Crippen LogP contribution is 2.70. The maximum atomic E-state index is 12.0. The molecule has 4 aliphatic carbocycles. The lowest BCUT2D eigenvalue weighted by Gasteiger charge is -2.58. The van der Waals surface area contributed by atoms with Crippen molar-refractivity contribution in [3.05, 3.63) is 11.6 Å². The van der Waals surface area contributed by atoms with E-state index >= 15 is 0 Å². The normalized spacial score (nSPS) is 54.5. The molecule has 9 aliphatic rings. The van der Waals surface area contributed by atoms with E-state index in [4.69, 9.17) is 47.4 Å². The van der Waals surface area contributed by atoms with Gasteiger partial charge in [0.05, 0.1) is 44.7 Å². The van der Waals surface area contributed by atoms with Gasteiger partial charge in [0.25, 0.3) is 0 Å². The largest absolute Gasteiger partial charge is 0.394 e. The quantitative estimate of drug-likeness (QED) is 0.0813. The Kier molecular flexibility index (Phi) is 17.2. The molecule has 0 aromatic heterocycles. The smallest absolute Gasteiger partial charge is 0.187 e. The van der Waals surface area contributed by atoms with Gasteiger partial charge in [-0.2, -0.15) is 0 Å². The van der Waals surface area contributed by atoms with Crippen molar-refractivity contribution in [2.24, 2.45) is 46.3 Å². The topological polar surface area (TPSA) is 335 Å². The minimum Gasteiger partial charge on any atom is -0.394 e. The lowest BCUT2D eigenvalue weighted by Crippen LogP contribution is -2.66. The molecule has 5 heterocycles. The molecule has 0 amide bonds. The van der Waals surface area contributed by atoms with E-state index in [1.54, 1.807) is 7.11 Å². The summed E-state index contributed by atoms with van der Waals surface area (Å²) in [5.74, 6) is 0.894. The predicted octanol–water partition coefficient (Wildman–Crippen LogP) is -1.71. The molecule has 5 aliphatic heterocycles. The fourth-order valence-electron chi connectivity index (χ4n) is 15.0. The molecule has 5 saturated heterocycles. The van der Waals surface area contributed by atoms with E-state index in [0.29, 0.717) is 43.4 Å². The molecule has 420 valence electrons. The highest BCUT2D eigenvalue weighted by Gasteiger charge is 2.68. The van der Waals surface area contributed by atoms with E-state index in [-0.39, 0.29) is 47.9 Å². The van der Waals surface area contributed by atoms with E-state index < -0.39 is 142 Å². The van der Waals surface area contributed by atoms with Crippen LogP contribution in [-0.2, 0) is 47.4 Å². The first-order valence-electron chi connectivity index (χ1n) is 26.7. The maximum Gasteiger partial charge on any atom is 0.187 e. The van der Waals surface area contributed by atoms with Crippen molar-refractivity contribution in [2.45, 2.75) is 227 Å². The molecule has 8 fully saturated rings. The molecule has 22 heteroatoms. The molecule has 0 radical (unpaired) electrons. The van der Waals surface area contributed by atoms with E-state index in [9.17, 15) is 61.3 Å². The van der Waals surface area contributed by atoms with Gasteiger partial charge in [-0.05, 0) is 98.7 Å². The third-order valence-corrected chi connectivity index (χ3v) is 19.4. The average molecular weight is 1050 g/mol. The molecule has 12 N–H and O–H groups in total. The monoisotopic (exact) mass is 1050 g/mol. The standard InChI is InChI=1S/C51H84O22/c1-21(19-65-45-40(61)38(59)36(57)31(17-52)69-45)9-14-51(64-6)22(2)33-30(73-51)16-28-26-8-7-24-15-25(10-12-49(24,4)27(26)11-13-50(28,33)5)68-48-44(72-47-41(62)37(58)34(55)23(3)67-47)42(63)43(32(18-53)70-48)71-46-39(60)35(56)29(54)20-66-46/h7,21-23,25-48,52-63H,8-20H2,1-6H3/t21-,22+,23+,25+,26-,27+,28+,29+,30+,31-,32-,33+,34+,35+,36-,37-,38+,39-,40-,41-,42+,43-,44-,45-,46+,47+,48-,49+,50+,51-/m1/s1. The zero-order valence-electron chi connectivity index (χ0n) is 42.8. The van der Waals surface area contributed by atoms with Gasteiger partial charge in [-0.3, -0.25) is 0 Å². The van der Waals surface area contributed by atoms with Crippen molar-refractivity contribution < 1.29 is 109 Å². The SMILES string of the molecule is CO[C@]1(CC[C@@H](C)CO[C@@H]2O[C@H](CO)[C@@H](O)[C@H](O)[C@H]2O)O[C@H]2C[C@H]3[C@@H]4CC=C5C[C@@H](O[C@@H]6O[C@H](CO)[C@@H](O[C@@H]7OC[C@H](O)[C@H](O)[C@H]7O)[C@H](O)[C@H]6O[C@@H]6O[C@@H](C)[C@H](O)[C@@H](O)[C@H]6O)CC[C@]5(C)[C@H]4CC[C@]3(C)[C@H]2[C@@H]1C. The number of allylic oxidation sites excluding steroid dienone is 1. The molecular weight excluding hydrogens is 965 g/mol. The van der Waals surface area contributed by atoms with Crippen LogP contribution in [0.25, 0.3) is 0 Å². The summed E-state index contributed by atoms with van der Waals surface area (Å²) in [6.45, 7) is 9.23. The first-order chi connectivity index (χ1) is 34.6. The molecule has 0 spiro atoms. The Balaban J connectivity index is 0.851. The minimum atomic E-state index is -1.74. The fraction of sp³-hybridized carbons (Fsp3) is 0.961. The maximum absolute atomic E-state index is 12.0. The fourth-order valence-corrected chi connectivity index (χ4v) is 15.0. The van der Waals surface area contributed by atoms with Gasteiger partial charge in [0.15, 0.2) is 30.9 Å². The third-order valence-electron chi connectivity index (χ3n) is 19.4. The molecule has 0 bridgehead atoms. The van der Waals surface area contributed by atoms with E-state index in [1.807, 2.05) is 6.92 Å². The summed E-state index contributed by atoms with van der Waals surface area (Å²) in [5.41, 5.74) is 1.20. The van der Waals surface area contributed by atoms with E-state index in [1.165, 1.54) is 12.5 Å². The second-order valence-electron chi connectivity index (χ2n) is 23.6. The minimum absolute atomic E-state index is 0.00549. The van der Waals surface area contributed by atoms with Gasteiger partial charge in [0, 0.05) is 19.4 Å². The number of aliphatic hydroxyl groups is 12. The van der Waals surface area contributed by atoms with Crippen molar-refractivity contribution in [3.8, 4) is 0 Å². The summed E-state index contributed by atoms with van der Waals surface area (Å²) < 4.78 is 61.1. The molecule has 73 heavy (non-hydrogen) atoms. The Morgan fingerprint density at radius 2 is 1.37 bits per heavy atom. The summed E-state index contributed by atoms with van der Waals surface area (Å²) in [5, 5.41) is 126. The van der Waals surface area contributed by atoms with Crippen molar-refractivity contribution in [2.75, 3.05) is 33.5 Å². The Bertz CT molecular complexity index is 1880. The number of hydrogen-bond acceptors (Lipinski definition) is 22. The highest BCUT2D eigenvalue weighted by atomic mass is 16.8. The van der Waals surface area contributed by atoms with Crippen LogP contribution in [0.5, 0.6) is 0 Å². The van der Waals surface area contributed by atoms with Crippen LogP contribution in [0.1, 0.15) is 92.4 Å². The number of aliphatic hydroxyl groups excluding tert-OH is 12. The first kappa shape index (κ1) is 56.6. The highest BCUT2D eigenvalue weighted by molar-refractivity contribution is 5.26. The second-order valence-corrected chi connectivity index (χ2v) is 23.6. The summed E-state index contributed by atoms with van der Waals surface area (Å²) in [6.07, 6.45) is -18.3. The Morgan fingerprint density at radius 3 is 2.08 bits per heavy atom. The van der Waals surface area contributed by atoms with Crippen LogP contribution in [0.2, 0.25) is 0 Å². The van der Waals surface area contributed by atoms with Crippen molar-refractivity contribution >= 4 is 0 Å². The molecule has 3 saturated carbocycles. The second kappa shape index (κ2) is 22.2.